The van der Waals surface area contributed by atoms with Crippen molar-refractivity contribution in [2.75, 3.05) is 26.3 Å². The van der Waals surface area contributed by atoms with E-state index in [1.54, 1.807) is 0 Å². The number of hydrogen-bond acceptors (Lipinski definition) is 3. The molecule has 2 aliphatic heterocycles. The zero-order valence-corrected chi connectivity index (χ0v) is 16.1. The lowest BCUT2D eigenvalue weighted by atomic mass is 9.92. The second-order valence-corrected chi connectivity index (χ2v) is 8.20. The molecule has 1 amide bonds. The Balaban J connectivity index is 1.31. The molecule has 1 aromatic heterocycles. The van der Waals surface area contributed by atoms with Crippen LogP contribution in [0.1, 0.15) is 44.1 Å². The molecule has 144 valence electrons. The van der Waals surface area contributed by atoms with Gasteiger partial charge in [0.05, 0.1) is 0 Å². The topological polar surface area (TPSA) is 42.4 Å². The van der Waals surface area contributed by atoms with Gasteiger partial charge in [-0.15, -0.1) is 0 Å². The van der Waals surface area contributed by atoms with E-state index in [1.807, 2.05) is 12.4 Å². The second-order valence-electron chi connectivity index (χ2n) is 8.20. The van der Waals surface area contributed by atoms with E-state index in [0.717, 1.165) is 58.4 Å². The Hall–Kier alpha value is -1.94. The molecule has 0 aliphatic carbocycles. The number of ether oxygens (including phenoxy) is 1. The number of benzene rings is 1. The van der Waals surface area contributed by atoms with E-state index < -0.39 is 0 Å². The molecule has 2 saturated heterocycles. The minimum Gasteiger partial charge on any atom is -0.381 e. The summed E-state index contributed by atoms with van der Waals surface area (Å²) in [6.45, 7) is 3.50. The monoisotopic (exact) mass is 366 g/mol. The van der Waals surface area contributed by atoms with Gasteiger partial charge in [-0.2, -0.15) is 0 Å². The lowest BCUT2D eigenvalue weighted by molar-refractivity contribution is -0.132. The van der Waals surface area contributed by atoms with Gasteiger partial charge in [0.1, 0.15) is 0 Å². The lowest BCUT2D eigenvalue weighted by Crippen LogP contribution is -2.34. The maximum absolute atomic E-state index is 12.7. The number of carbonyl (C=O) groups is 1. The van der Waals surface area contributed by atoms with Gasteiger partial charge in [0.15, 0.2) is 0 Å². The van der Waals surface area contributed by atoms with Crippen LogP contribution in [0.5, 0.6) is 0 Å². The highest BCUT2D eigenvalue weighted by atomic mass is 16.5. The van der Waals surface area contributed by atoms with Crippen LogP contribution >= 0.6 is 0 Å². The number of nitrogens with zero attached hydrogens (tertiary/aromatic N) is 2. The van der Waals surface area contributed by atoms with E-state index in [0.29, 0.717) is 24.2 Å². The Morgan fingerprint density at radius 2 is 1.93 bits per heavy atom. The SMILES string of the molecule is O=C(CC1CCOCC1)N1CCCC(Cc2ccc3cnccc3c2)CC1. The summed E-state index contributed by atoms with van der Waals surface area (Å²) in [6, 6.07) is 8.81. The fraction of sp³-hybridized carbons (Fsp3) is 0.565. The summed E-state index contributed by atoms with van der Waals surface area (Å²) >= 11 is 0. The zero-order valence-electron chi connectivity index (χ0n) is 16.1. The van der Waals surface area contributed by atoms with Crippen LogP contribution in [0.3, 0.4) is 0 Å². The number of aromatic nitrogens is 1. The summed E-state index contributed by atoms with van der Waals surface area (Å²) in [5.74, 6) is 1.56. The van der Waals surface area contributed by atoms with Gasteiger partial charge in [0.25, 0.3) is 0 Å². The first-order valence-corrected chi connectivity index (χ1v) is 10.5. The van der Waals surface area contributed by atoms with E-state index in [9.17, 15) is 4.79 Å². The number of amides is 1. The predicted octanol–water partition coefficient (Wildman–Crippen LogP) is 4.22. The molecule has 0 radical (unpaired) electrons. The molecule has 2 fully saturated rings. The van der Waals surface area contributed by atoms with Gasteiger partial charge in [0.2, 0.25) is 5.91 Å². The predicted molar refractivity (Wildman–Crippen MR) is 108 cm³/mol. The van der Waals surface area contributed by atoms with Gasteiger partial charge in [-0.3, -0.25) is 9.78 Å². The van der Waals surface area contributed by atoms with Crippen molar-refractivity contribution in [3.63, 3.8) is 0 Å². The summed E-state index contributed by atoms with van der Waals surface area (Å²) < 4.78 is 5.42. The zero-order chi connectivity index (χ0) is 18.5. The highest BCUT2D eigenvalue weighted by Crippen LogP contribution is 2.25. The molecular formula is C23H30N2O2. The summed E-state index contributed by atoms with van der Waals surface area (Å²) in [4.78, 5) is 19.0. The Kier molecular flexibility index (Phi) is 6.03. The van der Waals surface area contributed by atoms with E-state index in [4.69, 9.17) is 4.74 Å². The highest BCUT2D eigenvalue weighted by Gasteiger charge is 2.24. The van der Waals surface area contributed by atoms with Crippen LogP contribution < -0.4 is 0 Å². The van der Waals surface area contributed by atoms with Crippen molar-refractivity contribution in [1.29, 1.82) is 0 Å². The van der Waals surface area contributed by atoms with Gasteiger partial charge >= 0.3 is 0 Å². The minimum absolute atomic E-state index is 0.362. The van der Waals surface area contributed by atoms with Crippen molar-refractivity contribution < 1.29 is 9.53 Å². The summed E-state index contributed by atoms with van der Waals surface area (Å²) in [5.41, 5.74) is 1.40. The van der Waals surface area contributed by atoms with Crippen LogP contribution in [0, 0.1) is 11.8 Å². The first-order valence-electron chi connectivity index (χ1n) is 10.5. The van der Waals surface area contributed by atoms with Crippen molar-refractivity contribution in [1.82, 2.24) is 9.88 Å². The lowest BCUT2D eigenvalue weighted by Gasteiger charge is -2.26. The summed E-state index contributed by atoms with van der Waals surface area (Å²) in [5, 5.41) is 2.47. The van der Waals surface area contributed by atoms with Crippen LogP contribution in [0.25, 0.3) is 10.8 Å². The molecule has 2 aromatic rings. The first-order chi connectivity index (χ1) is 13.3. The molecule has 0 spiro atoms. The van der Waals surface area contributed by atoms with Crippen LogP contribution in [0.15, 0.2) is 36.7 Å². The molecule has 0 N–H and O–H groups in total. The molecule has 0 saturated carbocycles. The quantitative estimate of drug-likeness (QED) is 0.813. The molecule has 4 heteroatoms. The van der Waals surface area contributed by atoms with Crippen LogP contribution in [-0.2, 0) is 16.0 Å². The minimum atomic E-state index is 0.362. The van der Waals surface area contributed by atoms with Gasteiger partial charge < -0.3 is 9.64 Å². The molecule has 1 aromatic carbocycles. The molecule has 3 heterocycles. The normalized spacial score (nSPS) is 21.9. The smallest absolute Gasteiger partial charge is 0.222 e. The maximum atomic E-state index is 12.7. The van der Waals surface area contributed by atoms with Crippen molar-refractivity contribution >= 4 is 16.7 Å². The van der Waals surface area contributed by atoms with Crippen molar-refractivity contribution in [2.24, 2.45) is 11.8 Å². The molecule has 1 unspecified atom stereocenters. The Labute approximate surface area is 161 Å². The molecule has 4 nitrogen and oxygen atoms in total. The van der Waals surface area contributed by atoms with Crippen LogP contribution in [0.2, 0.25) is 0 Å². The van der Waals surface area contributed by atoms with E-state index in [1.165, 1.54) is 22.8 Å². The molecule has 4 rings (SSSR count). The fourth-order valence-corrected chi connectivity index (χ4v) is 4.54. The average molecular weight is 367 g/mol. The third-order valence-electron chi connectivity index (χ3n) is 6.23. The van der Waals surface area contributed by atoms with E-state index >= 15 is 0 Å². The first kappa shape index (κ1) is 18.4. The average Bonchev–Trinajstić information content (AvgIpc) is 2.94. The van der Waals surface area contributed by atoms with Crippen LogP contribution in [-0.4, -0.2) is 42.1 Å². The molecule has 27 heavy (non-hydrogen) atoms. The number of carbonyl (C=O) groups excluding carboxylic acids is 1. The standard InChI is InChI=1S/C23H30N2O2/c26-23(16-19-7-12-27-13-8-19)25-10-1-2-18(6-11-25)14-20-3-4-22-17-24-9-5-21(22)15-20/h3-5,9,15,17-19H,1-2,6-8,10-14,16H2. The molecular weight excluding hydrogens is 336 g/mol. The second kappa shape index (κ2) is 8.83. The highest BCUT2D eigenvalue weighted by molar-refractivity contribution is 5.82. The summed E-state index contributed by atoms with van der Waals surface area (Å²) in [7, 11) is 0. The molecule has 1 atom stereocenters. The largest absolute Gasteiger partial charge is 0.381 e. The maximum Gasteiger partial charge on any atom is 0.222 e. The molecule has 2 aliphatic rings. The van der Waals surface area contributed by atoms with Crippen molar-refractivity contribution in [2.45, 2.75) is 44.9 Å². The van der Waals surface area contributed by atoms with E-state index in [2.05, 4.69) is 34.1 Å². The van der Waals surface area contributed by atoms with Gasteiger partial charge in [-0.1, -0.05) is 18.2 Å². The fourth-order valence-electron chi connectivity index (χ4n) is 4.54. The number of pyridine rings is 1. The Morgan fingerprint density at radius 3 is 2.81 bits per heavy atom. The third-order valence-corrected chi connectivity index (χ3v) is 6.23. The number of hydrogen-bond donors (Lipinski definition) is 0. The Bertz CT molecular complexity index is 770. The Morgan fingerprint density at radius 1 is 1.04 bits per heavy atom. The van der Waals surface area contributed by atoms with Crippen molar-refractivity contribution in [3.8, 4) is 0 Å². The van der Waals surface area contributed by atoms with E-state index in [-0.39, 0.29) is 0 Å². The van der Waals surface area contributed by atoms with Gasteiger partial charge in [-0.25, -0.2) is 0 Å². The number of fused-ring (bicyclic) bond motifs is 1. The number of likely N-dealkylation sites (tertiary alicyclic amines) is 1. The van der Waals surface area contributed by atoms with Crippen molar-refractivity contribution in [3.05, 3.63) is 42.2 Å². The third kappa shape index (κ3) is 4.86. The van der Waals surface area contributed by atoms with Gasteiger partial charge in [-0.05, 0) is 67.4 Å². The molecule has 0 bridgehead atoms. The number of rotatable bonds is 4. The summed E-state index contributed by atoms with van der Waals surface area (Å²) in [6.07, 6.45) is 11.2. The van der Waals surface area contributed by atoms with Crippen LogP contribution in [0.4, 0.5) is 0 Å². The van der Waals surface area contributed by atoms with Gasteiger partial charge in [0, 0.05) is 50.5 Å².